The Morgan fingerprint density at radius 1 is 1.12 bits per heavy atom. The van der Waals surface area contributed by atoms with Gasteiger partial charge < -0.3 is 15.1 Å². The van der Waals surface area contributed by atoms with Gasteiger partial charge in [0.1, 0.15) is 6.54 Å². The molecule has 2 fully saturated rings. The second kappa shape index (κ2) is 7.13. The van der Waals surface area contributed by atoms with Crippen molar-refractivity contribution in [1.82, 2.24) is 15.1 Å². The molecular weight excluding hydrogens is 320 g/mol. The molecule has 0 unspecified atom stereocenters. The number of anilines is 1. The molecular formula is C18H24N4O3. The molecule has 2 saturated heterocycles. The van der Waals surface area contributed by atoms with Gasteiger partial charge in [-0.15, -0.1) is 0 Å². The van der Waals surface area contributed by atoms with E-state index in [9.17, 15) is 14.4 Å². The molecule has 0 bridgehead atoms. The zero-order valence-corrected chi connectivity index (χ0v) is 14.7. The normalized spacial score (nSPS) is 18.1. The van der Waals surface area contributed by atoms with Crippen LogP contribution >= 0.6 is 0 Å². The minimum absolute atomic E-state index is 0.0205. The van der Waals surface area contributed by atoms with Crippen molar-refractivity contribution in [2.75, 3.05) is 44.2 Å². The maximum absolute atomic E-state index is 12.6. The van der Waals surface area contributed by atoms with Crippen LogP contribution in [0.4, 0.5) is 10.5 Å². The van der Waals surface area contributed by atoms with Crippen molar-refractivity contribution in [3.8, 4) is 0 Å². The lowest BCUT2D eigenvalue weighted by molar-refractivity contribution is -0.138. The molecule has 2 aliphatic rings. The SMILES string of the molecule is CC(C)c1ccc(N2CCN(CC(=O)N3CCNC(=O)C3)C2=O)cc1. The van der Waals surface area contributed by atoms with Gasteiger partial charge in [-0.1, -0.05) is 26.0 Å². The Hall–Kier alpha value is -2.57. The molecule has 3 rings (SSSR count). The van der Waals surface area contributed by atoms with E-state index in [0.29, 0.717) is 32.1 Å². The van der Waals surface area contributed by atoms with Crippen molar-refractivity contribution in [3.63, 3.8) is 0 Å². The second-order valence-electron chi connectivity index (χ2n) is 6.77. The molecule has 0 atom stereocenters. The first-order valence-corrected chi connectivity index (χ1v) is 8.66. The number of carbonyl (C=O) groups is 3. The third kappa shape index (κ3) is 3.75. The Bertz CT molecular complexity index is 671. The summed E-state index contributed by atoms with van der Waals surface area (Å²) < 4.78 is 0. The molecule has 1 aromatic carbocycles. The van der Waals surface area contributed by atoms with E-state index in [4.69, 9.17) is 0 Å². The summed E-state index contributed by atoms with van der Waals surface area (Å²) in [4.78, 5) is 41.1. The van der Waals surface area contributed by atoms with Crippen LogP contribution in [0.25, 0.3) is 0 Å². The maximum atomic E-state index is 12.6. The fourth-order valence-corrected chi connectivity index (χ4v) is 3.12. The largest absolute Gasteiger partial charge is 0.353 e. The van der Waals surface area contributed by atoms with Gasteiger partial charge in [0.05, 0.1) is 6.54 Å². The summed E-state index contributed by atoms with van der Waals surface area (Å²) in [5.41, 5.74) is 2.08. The van der Waals surface area contributed by atoms with Gasteiger partial charge in [0.2, 0.25) is 11.8 Å². The highest BCUT2D eigenvalue weighted by Crippen LogP contribution is 2.23. The highest BCUT2D eigenvalue weighted by molar-refractivity contribution is 5.97. The number of nitrogens with one attached hydrogen (secondary N) is 1. The lowest BCUT2D eigenvalue weighted by Gasteiger charge is -2.28. The molecule has 1 aromatic rings. The maximum Gasteiger partial charge on any atom is 0.325 e. The standard InChI is InChI=1S/C18H24N4O3/c1-13(2)14-3-5-15(6-4-14)22-10-9-21(18(22)25)12-17(24)20-8-7-19-16(23)11-20/h3-6,13H,7-12H2,1-2H3,(H,19,23). The predicted octanol–water partition coefficient (Wildman–Crippen LogP) is 1.01. The van der Waals surface area contributed by atoms with Crippen LogP contribution in [0.3, 0.4) is 0 Å². The van der Waals surface area contributed by atoms with Crippen LogP contribution < -0.4 is 10.2 Å². The quantitative estimate of drug-likeness (QED) is 0.886. The highest BCUT2D eigenvalue weighted by Gasteiger charge is 2.32. The van der Waals surface area contributed by atoms with Crippen molar-refractivity contribution in [1.29, 1.82) is 0 Å². The van der Waals surface area contributed by atoms with Crippen LogP contribution in [0.2, 0.25) is 0 Å². The van der Waals surface area contributed by atoms with E-state index in [1.807, 2.05) is 24.3 Å². The molecule has 2 heterocycles. The van der Waals surface area contributed by atoms with Crippen molar-refractivity contribution in [2.24, 2.45) is 0 Å². The minimum Gasteiger partial charge on any atom is -0.353 e. The molecule has 134 valence electrons. The lowest BCUT2D eigenvalue weighted by Crippen LogP contribution is -2.52. The summed E-state index contributed by atoms with van der Waals surface area (Å²) in [6, 6.07) is 7.81. The molecule has 0 radical (unpaired) electrons. The molecule has 0 saturated carbocycles. The smallest absolute Gasteiger partial charge is 0.325 e. The number of rotatable bonds is 4. The Labute approximate surface area is 147 Å². The third-order valence-corrected chi connectivity index (χ3v) is 4.68. The predicted molar refractivity (Wildman–Crippen MR) is 94.4 cm³/mol. The monoisotopic (exact) mass is 344 g/mol. The second-order valence-corrected chi connectivity index (χ2v) is 6.77. The van der Waals surface area contributed by atoms with Gasteiger partial charge in [-0.3, -0.25) is 14.5 Å². The van der Waals surface area contributed by atoms with Gasteiger partial charge in [-0.25, -0.2) is 4.79 Å². The van der Waals surface area contributed by atoms with Crippen LogP contribution in [0.15, 0.2) is 24.3 Å². The van der Waals surface area contributed by atoms with E-state index in [-0.39, 0.29) is 30.9 Å². The van der Waals surface area contributed by atoms with Crippen LogP contribution in [-0.2, 0) is 9.59 Å². The average molecular weight is 344 g/mol. The molecule has 0 aromatic heterocycles. The Morgan fingerprint density at radius 2 is 1.84 bits per heavy atom. The first-order valence-electron chi connectivity index (χ1n) is 8.66. The first kappa shape index (κ1) is 17.3. The molecule has 25 heavy (non-hydrogen) atoms. The summed E-state index contributed by atoms with van der Waals surface area (Å²) in [5, 5.41) is 2.69. The van der Waals surface area contributed by atoms with Gasteiger partial charge >= 0.3 is 6.03 Å². The molecule has 1 N–H and O–H groups in total. The Balaban J connectivity index is 1.61. The fourth-order valence-electron chi connectivity index (χ4n) is 3.12. The third-order valence-electron chi connectivity index (χ3n) is 4.68. The van der Waals surface area contributed by atoms with Gasteiger partial charge in [0, 0.05) is 31.9 Å². The summed E-state index contributed by atoms with van der Waals surface area (Å²) >= 11 is 0. The Kier molecular flexibility index (Phi) is 4.92. The van der Waals surface area contributed by atoms with Crippen molar-refractivity contribution in [3.05, 3.63) is 29.8 Å². The highest BCUT2D eigenvalue weighted by atomic mass is 16.2. The van der Waals surface area contributed by atoms with Gasteiger partial charge in [-0.05, 0) is 23.6 Å². The Morgan fingerprint density at radius 3 is 2.48 bits per heavy atom. The zero-order chi connectivity index (χ0) is 18.0. The van der Waals surface area contributed by atoms with Gasteiger partial charge in [-0.2, -0.15) is 0 Å². The molecule has 4 amide bonds. The first-order chi connectivity index (χ1) is 12.0. The molecule has 7 heteroatoms. The summed E-state index contributed by atoms with van der Waals surface area (Å²) in [7, 11) is 0. The van der Waals surface area contributed by atoms with Crippen molar-refractivity contribution in [2.45, 2.75) is 19.8 Å². The van der Waals surface area contributed by atoms with Crippen molar-refractivity contribution < 1.29 is 14.4 Å². The number of amides is 4. The summed E-state index contributed by atoms with van der Waals surface area (Å²) in [6.07, 6.45) is 0. The van der Waals surface area contributed by atoms with E-state index in [2.05, 4.69) is 19.2 Å². The number of nitrogens with zero attached hydrogens (tertiary/aromatic N) is 3. The van der Waals surface area contributed by atoms with E-state index in [0.717, 1.165) is 5.69 Å². The van der Waals surface area contributed by atoms with E-state index in [1.165, 1.54) is 10.5 Å². The molecule has 2 aliphatic heterocycles. The zero-order valence-electron chi connectivity index (χ0n) is 14.7. The minimum atomic E-state index is -0.180. The van der Waals surface area contributed by atoms with E-state index >= 15 is 0 Å². The van der Waals surface area contributed by atoms with Crippen molar-refractivity contribution >= 4 is 23.5 Å². The number of urea groups is 1. The van der Waals surface area contributed by atoms with E-state index in [1.54, 1.807) is 9.80 Å². The molecule has 0 spiro atoms. The topological polar surface area (TPSA) is 73.0 Å². The number of hydrogen-bond acceptors (Lipinski definition) is 3. The van der Waals surface area contributed by atoms with Gasteiger partial charge in [0.25, 0.3) is 0 Å². The molecule has 0 aliphatic carbocycles. The van der Waals surface area contributed by atoms with Crippen LogP contribution in [-0.4, -0.2) is 66.9 Å². The van der Waals surface area contributed by atoms with E-state index < -0.39 is 0 Å². The summed E-state index contributed by atoms with van der Waals surface area (Å²) in [5.74, 6) is 0.110. The average Bonchev–Trinajstić information content (AvgIpc) is 2.95. The number of piperazine rings is 1. The van der Waals surface area contributed by atoms with Gasteiger partial charge in [0.15, 0.2) is 0 Å². The number of benzene rings is 1. The number of carbonyl (C=O) groups excluding carboxylic acids is 3. The summed E-state index contributed by atoms with van der Waals surface area (Å²) in [6.45, 7) is 6.38. The lowest BCUT2D eigenvalue weighted by atomic mass is 10.0. The van der Waals surface area contributed by atoms with Crippen LogP contribution in [0.5, 0.6) is 0 Å². The van der Waals surface area contributed by atoms with Crippen LogP contribution in [0.1, 0.15) is 25.3 Å². The fraction of sp³-hybridized carbons (Fsp3) is 0.500. The number of hydrogen-bond donors (Lipinski definition) is 1. The molecule has 7 nitrogen and oxygen atoms in total. The van der Waals surface area contributed by atoms with Crippen LogP contribution in [0, 0.1) is 0 Å².